The first-order valence-corrected chi connectivity index (χ1v) is 15.0. The number of hydrogen-bond acceptors (Lipinski definition) is 0. The van der Waals surface area contributed by atoms with Gasteiger partial charge in [0.25, 0.3) is 0 Å². The van der Waals surface area contributed by atoms with Gasteiger partial charge >= 0.3 is 181 Å². The summed E-state index contributed by atoms with van der Waals surface area (Å²) in [5, 5.41) is 0. The molecule has 1 spiro atoms. The molecule has 0 saturated heterocycles. The maximum atomic E-state index is 3.77. The molecule has 3 aromatic carbocycles. The third-order valence-corrected chi connectivity index (χ3v) is 17.7. The molecule has 0 atom stereocenters. The molecule has 3 heteroatoms. The van der Waals surface area contributed by atoms with E-state index in [4.69, 9.17) is 0 Å². The Balaban J connectivity index is 1.84. The van der Waals surface area contributed by atoms with Crippen LogP contribution in [-0.2, 0) is 0 Å². The predicted molar refractivity (Wildman–Crippen MR) is 115 cm³/mol. The molecule has 1 aliphatic carbocycles. The number of hydrogen-bond donors (Lipinski definition) is 0. The molecule has 3 aliphatic rings. The minimum absolute atomic E-state index is 1.16. The summed E-state index contributed by atoms with van der Waals surface area (Å²) >= 11 is 4.76. The van der Waals surface area contributed by atoms with Crippen molar-refractivity contribution in [1.82, 2.24) is 0 Å². The van der Waals surface area contributed by atoms with Gasteiger partial charge in [-0.3, -0.25) is 0 Å². The van der Waals surface area contributed by atoms with Gasteiger partial charge in [-0.2, -0.15) is 0 Å². The van der Waals surface area contributed by atoms with Gasteiger partial charge in [-0.1, -0.05) is 0 Å². The van der Waals surface area contributed by atoms with Crippen LogP contribution >= 0.6 is 31.9 Å². The number of fused-ring (bicyclic) bond motifs is 9. The molecular weight excluding hydrogens is 575 g/mol. The van der Waals surface area contributed by atoms with Crippen molar-refractivity contribution in [3.8, 4) is 11.1 Å². The van der Waals surface area contributed by atoms with Crippen LogP contribution in [-0.4, -0.2) is 0 Å². The van der Waals surface area contributed by atoms with Crippen molar-refractivity contribution in [3.63, 3.8) is 0 Å². The van der Waals surface area contributed by atoms with Crippen molar-refractivity contribution in [1.29, 1.82) is 0 Å². The summed E-state index contributed by atoms with van der Waals surface area (Å²) < 4.78 is 8.91. The van der Waals surface area contributed by atoms with Gasteiger partial charge in [-0.05, 0) is 0 Å². The molecule has 0 bridgehead atoms. The van der Waals surface area contributed by atoms with E-state index in [1.807, 2.05) is 0 Å². The van der Waals surface area contributed by atoms with Crippen LogP contribution in [0.3, 0.4) is 0 Å². The number of allylic oxidation sites excluding steroid dienone is 4. The molecule has 134 valence electrons. The maximum absolute atomic E-state index is 3.77. The summed E-state index contributed by atoms with van der Waals surface area (Å²) in [5.74, 6) is 0. The van der Waals surface area contributed by atoms with Crippen LogP contribution in [0.5, 0.6) is 0 Å². The van der Waals surface area contributed by atoms with Crippen molar-refractivity contribution >= 4 is 37.4 Å². The second-order valence-electron chi connectivity index (χ2n) is 7.05. The Morgan fingerprint density at radius 2 is 1.37 bits per heavy atom. The van der Waals surface area contributed by atoms with Gasteiger partial charge in [-0.15, -0.1) is 0 Å². The summed E-state index contributed by atoms with van der Waals surface area (Å²) in [4.78, 5) is 0. The zero-order chi connectivity index (χ0) is 18.2. The second-order valence-corrected chi connectivity index (χ2v) is 16.9. The Hall–Kier alpha value is -1.17. The Kier molecular flexibility index (Phi) is 3.67. The standard InChI is InChI=1S/C24H16Br2I/c25-15-9-11-19-20-12-10-16(26)14-24(20)27(23(19)13-15)21-7-3-1-5-17(21)18-6-2-4-8-22(18)27/h1-3,5-7,9-14H,4,8H2/q-1. The van der Waals surface area contributed by atoms with Crippen LogP contribution in [0.4, 0.5) is 0 Å². The third kappa shape index (κ3) is 2.08. The number of benzene rings is 3. The Labute approximate surface area is 180 Å². The molecule has 0 nitrogen and oxygen atoms in total. The fourth-order valence-corrected chi connectivity index (χ4v) is 19.1. The van der Waals surface area contributed by atoms with E-state index in [2.05, 4.69) is 105 Å². The third-order valence-electron chi connectivity index (χ3n) is 5.68. The van der Waals surface area contributed by atoms with E-state index in [0.29, 0.717) is 0 Å². The van der Waals surface area contributed by atoms with E-state index >= 15 is 0 Å². The molecule has 0 amide bonds. The fourth-order valence-electron chi connectivity index (χ4n) is 4.68. The molecule has 0 aromatic heterocycles. The van der Waals surface area contributed by atoms with Crippen molar-refractivity contribution in [2.24, 2.45) is 0 Å². The molecule has 3 aromatic rings. The van der Waals surface area contributed by atoms with Crippen molar-refractivity contribution in [2.45, 2.75) is 12.8 Å². The molecule has 27 heavy (non-hydrogen) atoms. The van der Waals surface area contributed by atoms with Gasteiger partial charge in [0.2, 0.25) is 0 Å². The first-order valence-electron chi connectivity index (χ1n) is 9.07. The quantitative estimate of drug-likeness (QED) is 0.342. The first-order chi connectivity index (χ1) is 13.2. The van der Waals surface area contributed by atoms with Gasteiger partial charge in [0.15, 0.2) is 0 Å². The Morgan fingerprint density at radius 1 is 0.704 bits per heavy atom. The van der Waals surface area contributed by atoms with E-state index in [1.165, 1.54) is 37.6 Å². The van der Waals surface area contributed by atoms with Gasteiger partial charge < -0.3 is 0 Å². The monoisotopic (exact) mass is 589 g/mol. The van der Waals surface area contributed by atoms with Crippen molar-refractivity contribution in [2.75, 3.05) is 0 Å². The zero-order valence-electron chi connectivity index (χ0n) is 14.5. The van der Waals surface area contributed by atoms with Gasteiger partial charge in [0, 0.05) is 0 Å². The predicted octanol–water partition coefficient (Wildman–Crippen LogP) is 4.34. The summed E-state index contributed by atoms with van der Waals surface area (Å²) in [6, 6.07) is 23.1. The minimum atomic E-state index is -2.78. The Bertz CT molecular complexity index is 1150. The molecule has 0 unspecified atom stereocenters. The zero-order valence-corrected chi connectivity index (χ0v) is 19.8. The van der Waals surface area contributed by atoms with E-state index in [-0.39, 0.29) is 0 Å². The van der Waals surface area contributed by atoms with Crippen molar-refractivity contribution in [3.05, 3.63) is 102 Å². The summed E-state index contributed by atoms with van der Waals surface area (Å²) in [5.41, 5.74) is 5.86. The van der Waals surface area contributed by atoms with Crippen LogP contribution < -0.4 is 18.4 Å². The molecule has 6 rings (SSSR count). The summed E-state index contributed by atoms with van der Waals surface area (Å²) in [6.45, 7) is 0. The van der Waals surface area contributed by atoms with Crippen LogP contribution in [0.2, 0.25) is 0 Å². The van der Waals surface area contributed by atoms with Crippen LogP contribution in [0.25, 0.3) is 16.7 Å². The summed E-state index contributed by atoms with van der Waals surface area (Å²) in [7, 11) is 0. The van der Waals surface area contributed by atoms with E-state index in [1.54, 1.807) is 14.3 Å². The van der Waals surface area contributed by atoms with E-state index in [0.717, 1.165) is 6.42 Å². The van der Waals surface area contributed by atoms with Gasteiger partial charge in [-0.25, -0.2) is 0 Å². The van der Waals surface area contributed by atoms with Crippen LogP contribution in [0.15, 0.2) is 85.3 Å². The van der Waals surface area contributed by atoms with Gasteiger partial charge in [0.1, 0.15) is 0 Å². The molecule has 2 aliphatic heterocycles. The molecule has 0 fully saturated rings. The average molecular weight is 591 g/mol. The van der Waals surface area contributed by atoms with Crippen molar-refractivity contribution < 1.29 is 18.4 Å². The molecule has 0 N–H and O–H groups in total. The Morgan fingerprint density at radius 3 is 2.07 bits per heavy atom. The normalized spacial score (nSPS) is 18.9. The van der Waals surface area contributed by atoms with E-state index < -0.39 is 18.4 Å². The SMILES string of the molecule is Brc1ccc2c(c1)[I-]1(C3=C(C=CCC3)c3ccccc31)c1cc(Br)ccc1-2. The molecule has 0 saturated carbocycles. The topological polar surface area (TPSA) is 0 Å². The van der Waals surface area contributed by atoms with E-state index in [9.17, 15) is 0 Å². The molecule has 0 radical (unpaired) electrons. The second kappa shape index (κ2) is 5.91. The molecule has 2 heterocycles. The number of halogens is 3. The molecular formula is C24H16Br2I-. The van der Waals surface area contributed by atoms with Gasteiger partial charge in [0.05, 0.1) is 0 Å². The average Bonchev–Trinajstić information content (AvgIpc) is 3.14. The van der Waals surface area contributed by atoms with Crippen LogP contribution in [0.1, 0.15) is 18.4 Å². The summed E-state index contributed by atoms with van der Waals surface area (Å²) in [6.07, 6.45) is 7.09. The fraction of sp³-hybridized carbons (Fsp3) is 0.0833. The first kappa shape index (κ1) is 16.8. The van der Waals surface area contributed by atoms with Crippen LogP contribution in [0, 0.1) is 10.7 Å². The number of rotatable bonds is 0.